The molecular formula is C15H21N5O. The van der Waals surface area contributed by atoms with E-state index in [0.29, 0.717) is 17.2 Å². The number of nitrogens with one attached hydrogen (secondary N) is 2. The van der Waals surface area contributed by atoms with Crippen molar-refractivity contribution in [2.45, 2.75) is 26.7 Å². The molecule has 0 radical (unpaired) electrons. The first-order valence-electron chi connectivity index (χ1n) is 6.92. The fraction of sp³-hybridized carbons (Fsp3) is 0.400. The molecule has 0 bridgehead atoms. The number of nitrogens with zero attached hydrogens (tertiary/aromatic N) is 3. The van der Waals surface area contributed by atoms with Crippen molar-refractivity contribution in [3.05, 3.63) is 35.2 Å². The van der Waals surface area contributed by atoms with E-state index in [0.717, 1.165) is 11.4 Å². The molecule has 0 aliphatic carbocycles. The minimum atomic E-state index is -0.168. The molecule has 112 valence electrons. The van der Waals surface area contributed by atoms with Gasteiger partial charge in [0.15, 0.2) is 0 Å². The summed E-state index contributed by atoms with van der Waals surface area (Å²) in [6.45, 7) is 5.99. The lowest BCUT2D eigenvalue weighted by Crippen LogP contribution is -2.16. The minimum Gasteiger partial charge on any atom is -0.373 e. The summed E-state index contributed by atoms with van der Waals surface area (Å²) < 4.78 is 1.65. The molecular weight excluding hydrogens is 266 g/mol. The zero-order valence-electron chi connectivity index (χ0n) is 13.1. The third kappa shape index (κ3) is 3.39. The summed E-state index contributed by atoms with van der Waals surface area (Å²) in [6, 6.07) is 5.40. The molecule has 2 heterocycles. The standard InChI is InChI=1S/C15H21N5O/c1-9(2)12-7-11(8-13(16-4)17-12)15(21)18-14-6-10(3)19-20(14)5/h6-9H,1-5H3,(H,16,17)(H,18,21). The van der Waals surface area contributed by atoms with Crippen LogP contribution in [-0.2, 0) is 7.05 Å². The van der Waals surface area contributed by atoms with E-state index < -0.39 is 0 Å². The van der Waals surface area contributed by atoms with Crippen LogP contribution >= 0.6 is 0 Å². The van der Waals surface area contributed by atoms with E-state index in [-0.39, 0.29) is 11.8 Å². The second kappa shape index (κ2) is 5.95. The van der Waals surface area contributed by atoms with Gasteiger partial charge in [-0.05, 0) is 25.0 Å². The van der Waals surface area contributed by atoms with Crippen LogP contribution < -0.4 is 10.6 Å². The number of pyridine rings is 1. The van der Waals surface area contributed by atoms with Gasteiger partial charge in [0.05, 0.1) is 5.69 Å². The summed E-state index contributed by atoms with van der Waals surface area (Å²) in [5.41, 5.74) is 2.33. The lowest BCUT2D eigenvalue weighted by molar-refractivity contribution is 0.102. The molecule has 0 unspecified atom stereocenters. The van der Waals surface area contributed by atoms with Crippen molar-refractivity contribution in [2.24, 2.45) is 7.05 Å². The van der Waals surface area contributed by atoms with Crippen LogP contribution in [0, 0.1) is 6.92 Å². The molecule has 0 atom stereocenters. The Morgan fingerprint density at radius 2 is 2.00 bits per heavy atom. The van der Waals surface area contributed by atoms with Crippen LogP contribution in [-0.4, -0.2) is 27.7 Å². The smallest absolute Gasteiger partial charge is 0.257 e. The average Bonchev–Trinajstić information content (AvgIpc) is 2.76. The Bertz CT molecular complexity index is 660. The Balaban J connectivity index is 2.30. The third-order valence-electron chi connectivity index (χ3n) is 3.20. The van der Waals surface area contributed by atoms with Gasteiger partial charge in [0, 0.05) is 31.4 Å². The number of anilines is 2. The Hall–Kier alpha value is -2.37. The fourth-order valence-electron chi connectivity index (χ4n) is 2.02. The highest BCUT2D eigenvalue weighted by molar-refractivity contribution is 6.04. The van der Waals surface area contributed by atoms with Crippen LogP contribution in [0.5, 0.6) is 0 Å². The zero-order chi connectivity index (χ0) is 15.6. The first-order chi connectivity index (χ1) is 9.90. The number of hydrogen-bond donors (Lipinski definition) is 2. The molecule has 0 aliphatic heterocycles. The van der Waals surface area contributed by atoms with Gasteiger partial charge in [-0.2, -0.15) is 5.10 Å². The number of hydrogen-bond acceptors (Lipinski definition) is 4. The van der Waals surface area contributed by atoms with E-state index in [1.807, 2.05) is 32.9 Å². The SMILES string of the molecule is CNc1cc(C(=O)Nc2cc(C)nn2C)cc(C(C)C)n1. The molecule has 2 aromatic heterocycles. The first-order valence-corrected chi connectivity index (χ1v) is 6.92. The molecule has 2 rings (SSSR count). The minimum absolute atomic E-state index is 0.168. The maximum absolute atomic E-state index is 12.4. The van der Waals surface area contributed by atoms with Crippen LogP contribution in [0.2, 0.25) is 0 Å². The Kier molecular flexibility index (Phi) is 4.26. The van der Waals surface area contributed by atoms with Crippen LogP contribution in [0.3, 0.4) is 0 Å². The fourth-order valence-corrected chi connectivity index (χ4v) is 2.02. The molecule has 0 spiro atoms. The summed E-state index contributed by atoms with van der Waals surface area (Å²) in [6.07, 6.45) is 0. The van der Waals surface area contributed by atoms with E-state index >= 15 is 0 Å². The summed E-state index contributed by atoms with van der Waals surface area (Å²) in [5, 5.41) is 10.1. The van der Waals surface area contributed by atoms with Crippen molar-refractivity contribution >= 4 is 17.5 Å². The summed E-state index contributed by atoms with van der Waals surface area (Å²) in [4.78, 5) is 16.9. The molecule has 0 aliphatic rings. The second-order valence-corrected chi connectivity index (χ2v) is 5.32. The van der Waals surface area contributed by atoms with Gasteiger partial charge in [-0.3, -0.25) is 9.48 Å². The third-order valence-corrected chi connectivity index (χ3v) is 3.20. The molecule has 0 saturated carbocycles. The van der Waals surface area contributed by atoms with E-state index in [9.17, 15) is 4.79 Å². The monoisotopic (exact) mass is 287 g/mol. The molecule has 0 saturated heterocycles. The summed E-state index contributed by atoms with van der Waals surface area (Å²) in [5.74, 6) is 1.45. The highest BCUT2D eigenvalue weighted by atomic mass is 16.1. The number of rotatable bonds is 4. The Morgan fingerprint density at radius 3 is 2.52 bits per heavy atom. The number of aromatic nitrogens is 3. The molecule has 21 heavy (non-hydrogen) atoms. The predicted octanol–water partition coefficient (Wildman–Crippen LogP) is 2.54. The number of aryl methyl sites for hydroxylation is 2. The van der Waals surface area contributed by atoms with Gasteiger partial charge in [-0.15, -0.1) is 0 Å². The molecule has 0 aromatic carbocycles. The number of carbonyl (C=O) groups is 1. The Morgan fingerprint density at radius 1 is 1.29 bits per heavy atom. The van der Waals surface area contributed by atoms with Gasteiger partial charge in [-0.1, -0.05) is 13.8 Å². The largest absolute Gasteiger partial charge is 0.373 e. The van der Waals surface area contributed by atoms with Gasteiger partial charge in [0.2, 0.25) is 0 Å². The van der Waals surface area contributed by atoms with Gasteiger partial charge in [0.1, 0.15) is 11.6 Å². The Labute approximate surface area is 124 Å². The topological polar surface area (TPSA) is 71.8 Å². The zero-order valence-corrected chi connectivity index (χ0v) is 13.1. The lowest BCUT2D eigenvalue weighted by atomic mass is 10.1. The van der Waals surface area contributed by atoms with Crippen molar-refractivity contribution < 1.29 is 4.79 Å². The number of carbonyl (C=O) groups excluding carboxylic acids is 1. The predicted molar refractivity (Wildman–Crippen MR) is 83.8 cm³/mol. The van der Waals surface area contributed by atoms with Crippen LogP contribution in [0.4, 0.5) is 11.6 Å². The molecule has 1 amide bonds. The van der Waals surface area contributed by atoms with E-state index in [4.69, 9.17) is 0 Å². The highest BCUT2D eigenvalue weighted by Gasteiger charge is 2.13. The molecule has 6 heteroatoms. The summed E-state index contributed by atoms with van der Waals surface area (Å²) in [7, 11) is 3.59. The summed E-state index contributed by atoms with van der Waals surface area (Å²) >= 11 is 0. The first kappa shape index (κ1) is 15.0. The molecule has 6 nitrogen and oxygen atoms in total. The van der Waals surface area contributed by atoms with Crippen LogP contribution in [0.1, 0.15) is 41.5 Å². The van der Waals surface area contributed by atoms with E-state index in [2.05, 4.69) is 20.7 Å². The van der Waals surface area contributed by atoms with Gasteiger partial charge in [0.25, 0.3) is 5.91 Å². The molecule has 2 aromatic rings. The van der Waals surface area contributed by atoms with Gasteiger partial charge in [-0.25, -0.2) is 4.98 Å². The van der Waals surface area contributed by atoms with Crippen molar-refractivity contribution in [3.8, 4) is 0 Å². The van der Waals surface area contributed by atoms with Gasteiger partial charge < -0.3 is 10.6 Å². The second-order valence-electron chi connectivity index (χ2n) is 5.32. The maximum Gasteiger partial charge on any atom is 0.257 e. The van der Waals surface area contributed by atoms with Crippen molar-refractivity contribution in [1.82, 2.24) is 14.8 Å². The normalized spacial score (nSPS) is 10.8. The van der Waals surface area contributed by atoms with Crippen molar-refractivity contribution in [3.63, 3.8) is 0 Å². The quantitative estimate of drug-likeness (QED) is 0.906. The molecule has 0 fully saturated rings. The average molecular weight is 287 g/mol. The van der Waals surface area contributed by atoms with E-state index in [1.54, 1.807) is 24.8 Å². The van der Waals surface area contributed by atoms with Crippen LogP contribution in [0.15, 0.2) is 18.2 Å². The number of amides is 1. The van der Waals surface area contributed by atoms with Gasteiger partial charge >= 0.3 is 0 Å². The van der Waals surface area contributed by atoms with Crippen molar-refractivity contribution in [2.75, 3.05) is 17.7 Å². The highest BCUT2D eigenvalue weighted by Crippen LogP contribution is 2.18. The maximum atomic E-state index is 12.4. The lowest BCUT2D eigenvalue weighted by Gasteiger charge is -2.11. The molecule has 2 N–H and O–H groups in total. The van der Waals surface area contributed by atoms with Crippen molar-refractivity contribution in [1.29, 1.82) is 0 Å². The van der Waals surface area contributed by atoms with E-state index in [1.165, 1.54) is 0 Å². The van der Waals surface area contributed by atoms with Crippen LogP contribution in [0.25, 0.3) is 0 Å².